The van der Waals surface area contributed by atoms with Crippen molar-refractivity contribution in [1.82, 2.24) is 24.8 Å². The zero-order valence-electron chi connectivity index (χ0n) is 31.1. The van der Waals surface area contributed by atoms with Gasteiger partial charge >= 0.3 is 11.9 Å². The number of aromatic nitrogens is 4. The first-order chi connectivity index (χ1) is 27.5. The number of ether oxygens (including phenoxy) is 5. The van der Waals surface area contributed by atoms with E-state index >= 15 is 0 Å². The molecule has 3 aliphatic heterocycles. The summed E-state index contributed by atoms with van der Waals surface area (Å²) < 4.78 is 30.1. The molecule has 0 spiro atoms. The Hall–Kier alpha value is -5.72. The van der Waals surface area contributed by atoms with E-state index in [2.05, 4.69) is 20.6 Å². The van der Waals surface area contributed by atoms with E-state index in [-0.39, 0.29) is 41.2 Å². The zero-order valence-corrected chi connectivity index (χ0v) is 31.9. The van der Waals surface area contributed by atoms with E-state index in [0.717, 1.165) is 16.5 Å². The number of anilines is 1. The van der Waals surface area contributed by atoms with Crippen molar-refractivity contribution in [1.29, 1.82) is 0 Å². The number of aliphatic hydroxyl groups excluding tert-OH is 2. The van der Waals surface area contributed by atoms with Crippen molar-refractivity contribution in [3.05, 3.63) is 106 Å². The number of rotatable bonds is 10. The molecular weight excluding hydrogens is 757 g/mol. The number of aliphatic hydroxyl groups is 2. The van der Waals surface area contributed by atoms with Crippen LogP contribution in [0.15, 0.2) is 78.0 Å². The molecule has 57 heavy (non-hydrogen) atoms. The Kier molecular flexibility index (Phi) is 10.3. The van der Waals surface area contributed by atoms with Gasteiger partial charge in [-0.2, -0.15) is 0 Å². The van der Waals surface area contributed by atoms with Gasteiger partial charge in [-0.3, -0.25) is 4.79 Å². The van der Waals surface area contributed by atoms with Crippen LogP contribution in [-0.4, -0.2) is 90.6 Å². The van der Waals surface area contributed by atoms with Crippen LogP contribution in [0, 0.1) is 0 Å². The van der Waals surface area contributed by atoms with Gasteiger partial charge in [0, 0.05) is 47.6 Å². The highest BCUT2D eigenvalue weighted by Crippen LogP contribution is 2.41. The fourth-order valence-corrected chi connectivity index (χ4v) is 7.84. The maximum atomic E-state index is 14.3. The predicted octanol–water partition coefficient (Wildman–Crippen LogP) is 2.81. The first-order valence-corrected chi connectivity index (χ1v) is 18.8. The number of hydrogen-bond acceptors (Lipinski definition) is 13. The van der Waals surface area contributed by atoms with Crippen molar-refractivity contribution < 1.29 is 43.5 Å². The molecule has 2 aromatic carbocycles. The molecule has 8 rings (SSSR count). The van der Waals surface area contributed by atoms with Crippen LogP contribution < -0.4 is 20.9 Å². The van der Waals surface area contributed by atoms with E-state index in [4.69, 9.17) is 40.9 Å². The molecule has 5 aromatic rings. The SMILES string of the molecule is CC[C@@]1(OC(=O)[C@H](Cc2cnc[nH]2)NC(=S)Nc2ccc(O[C@H]3O[C@@H](C)[C@@H](O)[C@@H](OC)[C@@H]3O)cc2)C(=O)OCc2c1cc1n(c2=O)Cc2cc3ccccc3nc2-1. The lowest BCUT2D eigenvalue weighted by molar-refractivity contribution is -0.272. The summed E-state index contributed by atoms with van der Waals surface area (Å²) in [4.78, 5) is 54.0. The van der Waals surface area contributed by atoms with Crippen LogP contribution >= 0.6 is 12.2 Å². The van der Waals surface area contributed by atoms with Gasteiger partial charge < -0.3 is 54.1 Å². The lowest BCUT2D eigenvalue weighted by Gasteiger charge is -2.40. The van der Waals surface area contributed by atoms with E-state index in [1.54, 1.807) is 54.9 Å². The van der Waals surface area contributed by atoms with Crippen molar-refractivity contribution in [3.8, 4) is 17.1 Å². The maximum Gasteiger partial charge on any atom is 0.355 e. The average Bonchev–Trinajstić information content (AvgIpc) is 3.86. The van der Waals surface area contributed by atoms with Crippen molar-refractivity contribution in [2.24, 2.45) is 0 Å². The fraction of sp³-hybridized carbons (Fsp3) is 0.350. The molecule has 1 saturated heterocycles. The summed E-state index contributed by atoms with van der Waals surface area (Å²) in [6.07, 6.45) is -1.83. The third-order valence-corrected chi connectivity index (χ3v) is 10.9. The Morgan fingerprint density at radius 2 is 1.93 bits per heavy atom. The van der Waals surface area contributed by atoms with Gasteiger partial charge in [0.05, 0.1) is 41.4 Å². The summed E-state index contributed by atoms with van der Waals surface area (Å²) in [5.74, 6) is -1.25. The quantitative estimate of drug-likeness (QED) is 0.0998. The number of nitrogens with one attached hydrogen (secondary N) is 3. The van der Waals surface area contributed by atoms with Crippen LogP contribution in [0.2, 0.25) is 0 Å². The summed E-state index contributed by atoms with van der Waals surface area (Å²) >= 11 is 5.62. The largest absolute Gasteiger partial charge is 0.462 e. The number of benzene rings is 2. The van der Waals surface area contributed by atoms with Crippen molar-refractivity contribution in [3.63, 3.8) is 0 Å². The molecule has 6 heterocycles. The number of aromatic amines is 1. The molecule has 3 aromatic heterocycles. The standard InChI is InChI=1S/C40H40N6O10S/c1-4-40(27-15-30-31-22(13-21-7-5-6-8-28(21)44-31)17-46(30)35(49)26(27)18-53-38(40)51)56-36(50)29(14-24-16-41-19-42-24)45-39(57)43-23-9-11-25(12-10-23)55-37-33(48)34(52-3)32(47)20(2)54-37/h5-13,15-16,19-20,29,32-34,37,47-48H,4,14,17-18H2,1-3H3,(H,41,42)(H2,43,45,57)/t20-,29-,32+,33-,34+,37+,40-/m0/s1. The van der Waals surface area contributed by atoms with Crippen LogP contribution in [0.5, 0.6) is 5.75 Å². The molecule has 7 atom stereocenters. The number of H-pyrrole nitrogens is 1. The van der Waals surface area contributed by atoms with Gasteiger partial charge in [0.15, 0.2) is 5.11 Å². The number of esters is 2. The van der Waals surface area contributed by atoms with E-state index in [0.29, 0.717) is 35.1 Å². The summed E-state index contributed by atoms with van der Waals surface area (Å²) in [7, 11) is 1.39. The third-order valence-electron chi connectivity index (χ3n) is 10.6. The van der Waals surface area contributed by atoms with E-state index < -0.39 is 54.3 Å². The predicted molar refractivity (Wildman–Crippen MR) is 208 cm³/mol. The summed E-state index contributed by atoms with van der Waals surface area (Å²) in [5.41, 5.74) is 2.06. The minimum Gasteiger partial charge on any atom is -0.462 e. The molecule has 16 nitrogen and oxygen atoms in total. The van der Waals surface area contributed by atoms with Crippen molar-refractivity contribution in [2.75, 3.05) is 12.4 Å². The number of cyclic esters (lactones) is 1. The number of carbonyl (C=O) groups excluding carboxylic acids is 2. The molecule has 17 heteroatoms. The number of nitrogens with zero attached hydrogens (tertiary/aromatic N) is 3. The Balaban J connectivity index is 1.02. The second kappa shape index (κ2) is 15.3. The zero-order chi connectivity index (χ0) is 40.0. The second-order valence-electron chi connectivity index (χ2n) is 14.1. The highest BCUT2D eigenvalue weighted by atomic mass is 32.1. The molecule has 0 aliphatic carbocycles. The monoisotopic (exact) mass is 796 g/mol. The Bertz CT molecular complexity index is 2410. The van der Waals surface area contributed by atoms with Gasteiger partial charge in [-0.05, 0) is 68.0 Å². The van der Waals surface area contributed by atoms with Crippen LogP contribution in [0.25, 0.3) is 22.3 Å². The first-order valence-electron chi connectivity index (χ1n) is 18.4. The Morgan fingerprint density at radius 1 is 1.14 bits per heavy atom. The Morgan fingerprint density at radius 3 is 2.67 bits per heavy atom. The van der Waals surface area contributed by atoms with E-state index in [9.17, 15) is 24.6 Å². The number of thiocarbonyl (C=S) groups is 1. The molecule has 3 aliphatic rings. The number of hydrogen-bond donors (Lipinski definition) is 5. The highest BCUT2D eigenvalue weighted by molar-refractivity contribution is 7.80. The smallest absolute Gasteiger partial charge is 0.355 e. The molecule has 0 radical (unpaired) electrons. The van der Waals surface area contributed by atoms with E-state index in [1.807, 2.05) is 30.3 Å². The van der Waals surface area contributed by atoms with E-state index in [1.165, 1.54) is 13.4 Å². The van der Waals surface area contributed by atoms with Crippen LogP contribution in [0.1, 0.15) is 42.7 Å². The van der Waals surface area contributed by atoms with Crippen LogP contribution in [0.3, 0.4) is 0 Å². The number of carbonyl (C=O) groups is 2. The minimum atomic E-state index is -1.94. The fourth-order valence-electron chi connectivity index (χ4n) is 7.58. The molecule has 296 valence electrons. The summed E-state index contributed by atoms with van der Waals surface area (Å²) in [6.45, 7) is 3.37. The second-order valence-corrected chi connectivity index (χ2v) is 14.6. The molecular formula is C40H40N6O10S. The topological polar surface area (TPSA) is 208 Å². The summed E-state index contributed by atoms with van der Waals surface area (Å²) in [5, 5.41) is 28.0. The highest BCUT2D eigenvalue weighted by Gasteiger charge is 2.51. The molecule has 0 bridgehead atoms. The average molecular weight is 797 g/mol. The third kappa shape index (κ3) is 7.01. The minimum absolute atomic E-state index is 0.0199. The van der Waals surface area contributed by atoms with Crippen molar-refractivity contribution in [2.45, 2.75) is 82.2 Å². The molecule has 1 fully saturated rings. The molecule has 0 unspecified atom stereocenters. The number of imidazole rings is 1. The molecule has 5 N–H and O–H groups in total. The summed E-state index contributed by atoms with van der Waals surface area (Å²) in [6, 6.07) is 16.9. The number of para-hydroxylation sites is 1. The van der Waals surface area contributed by atoms with Crippen LogP contribution in [0.4, 0.5) is 5.69 Å². The normalized spacial score (nSPS) is 24.1. The van der Waals surface area contributed by atoms with Gasteiger partial charge in [0.2, 0.25) is 11.9 Å². The van der Waals surface area contributed by atoms with Gasteiger partial charge in [-0.25, -0.2) is 19.6 Å². The van der Waals surface area contributed by atoms with Gasteiger partial charge in [-0.1, -0.05) is 25.1 Å². The molecule has 0 amide bonds. The number of pyridine rings is 2. The number of methoxy groups -OCH3 is 1. The van der Waals surface area contributed by atoms with Gasteiger partial charge in [0.1, 0.15) is 36.7 Å². The maximum absolute atomic E-state index is 14.3. The number of fused-ring (bicyclic) bond motifs is 5. The lowest BCUT2D eigenvalue weighted by atomic mass is 9.85. The first kappa shape index (κ1) is 38.2. The molecule has 0 saturated carbocycles. The van der Waals surface area contributed by atoms with Crippen molar-refractivity contribution >= 4 is 45.9 Å². The lowest BCUT2D eigenvalue weighted by Crippen LogP contribution is -2.59. The van der Waals surface area contributed by atoms with Crippen LogP contribution in [-0.2, 0) is 53.7 Å². The van der Waals surface area contributed by atoms with Gasteiger partial charge in [0.25, 0.3) is 5.56 Å². The Labute approximate surface area is 331 Å². The van der Waals surface area contributed by atoms with Gasteiger partial charge in [-0.15, -0.1) is 0 Å².